The fraction of sp³-hybridized carbons (Fsp3) is 0.538. The summed E-state index contributed by atoms with van der Waals surface area (Å²) in [6.45, 7) is 2.69. The second-order valence-corrected chi connectivity index (χ2v) is 4.83. The normalized spacial score (nSPS) is 12.9. The molecule has 1 aromatic carbocycles. The third kappa shape index (κ3) is 5.89. The number of hydrogen-bond acceptors (Lipinski definition) is 2. The molecule has 102 valence electrons. The molecule has 0 spiro atoms. The zero-order valence-electron chi connectivity index (χ0n) is 10.3. The van der Waals surface area contributed by atoms with Crippen LogP contribution >= 0.6 is 15.9 Å². The maximum absolute atomic E-state index is 11.9. The predicted octanol–water partition coefficient (Wildman–Crippen LogP) is 3.77. The molecule has 0 saturated carbocycles. The van der Waals surface area contributed by atoms with E-state index in [1.165, 1.54) is 0 Å². The lowest BCUT2D eigenvalue weighted by Gasteiger charge is -2.18. The molecule has 1 aromatic rings. The van der Waals surface area contributed by atoms with Gasteiger partial charge in [-0.15, -0.1) is 0 Å². The quantitative estimate of drug-likeness (QED) is 0.736. The van der Waals surface area contributed by atoms with Gasteiger partial charge >= 0.3 is 0 Å². The molecule has 1 N–H and O–H groups in total. The molecule has 18 heavy (non-hydrogen) atoms. The number of ether oxygens (including phenoxy) is 1. The van der Waals surface area contributed by atoms with Gasteiger partial charge in [0.1, 0.15) is 6.61 Å². The highest BCUT2D eigenvalue weighted by molar-refractivity contribution is 9.10. The standard InChI is InChI=1S/C13H18BrF2NO/c1-2-17-12(7-8-18-9-13(15)16)10-3-5-11(14)6-4-10/h3-6,12-13,17H,2,7-9H2,1H3. The van der Waals surface area contributed by atoms with Crippen LogP contribution in [0, 0.1) is 0 Å². The Morgan fingerprint density at radius 2 is 1.94 bits per heavy atom. The first-order chi connectivity index (χ1) is 8.63. The van der Waals surface area contributed by atoms with Crippen LogP contribution in [-0.4, -0.2) is 26.2 Å². The maximum atomic E-state index is 11.9. The third-order valence-corrected chi connectivity index (χ3v) is 3.05. The zero-order valence-corrected chi connectivity index (χ0v) is 11.9. The number of rotatable bonds is 8. The molecule has 0 saturated heterocycles. The van der Waals surface area contributed by atoms with Gasteiger partial charge in [-0.1, -0.05) is 35.0 Å². The minimum atomic E-state index is -2.39. The molecule has 1 rings (SSSR count). The molecule has 0 amide bonds. The van der Waals surface area contributed by atoms with Crippen molar-refractivity contribution in [1.82, 2.24) is 5.32 Å². The molecule has 5 heteroatoms. The average molecular weight is 322 g/mol. The summed E-state index contributed by atoms with van der Waals surface area (Å²) in [5.41, 5.74) is 1.14. The van der Waals surface area contributed by atoms with Gasteiger partial charge in [-0.05, 0) is 30.7 Å². The Balaban J connectivity index is 2.46. The van der Waals surface area contributed by atoms with Crippen molar-refractivity contribution >= 4 is 15.9 Å². The minimum Gasteiger partial charge on any atom is -0.375 e. The van der Waals surface area contributed by atoms with Crippen molar-refractivity contribution in [2.24, 2.45) is 0 Å². The van der Waals surface area contributed by atoms with Crippen molar-refractivity contribution in [2.45, 2.75) is 25.8 Å². The SMILES string of the molecule is CCNC(CCOCC(F)F)c1ccc(Br)cc1. The number of hydrogen-bond donors (Lipinski definition) is 1. The predicted molar refractivity (Wildman–Crippen MR) is 72.0 cm³/mol. The van der Waals surface area contributed by atoms with Gasteiger partial charge < -0.3 is 10.1 Å². The van der Waals surface area contributed by atoms with Crippen molar-refractivity contribution in [1.29, 1.82) is 0 Å². The fourth-order valence-corrected chi connectivity index (χ4v) is 1.97. The van der Waals surface area contributed by atoms with Crippen LogP contribution in [0.5, 0.6) is 0 Å². The van der Waals surface area contributed by atoms with Crippen LogP contribution in [0.25, 0.3) is 0 Å². The third-order valence-electron chi connectivity index (χ3n) is 2.52. The second kappa shape index (κ2) is 8.56. The number of alkyl halides is 2. The zero-order chi connectivity index (χ0) is 13.4. The van der Waals surface area contributed by atoms with Crippen LogP contribution in [0.15, 0.2) is 28.7 Å². The first-order valence-electron chi connectivity index (χ1n) is 5.98. The summed E-state index contributed by atoms with van der Waals surface area (Å²) in [6, 6.07) is 8.12. The van der Waals surface area contributed by atoms with Gasteiger partial charge in [0.2, 0.25) is 0 Å². The van der Waals surface area contributed by atoms with Crippen LogP contribution in [-0.2, 0) is 4.74 Å². The van der Waals surface area contributed by atoms with E-state index in [-0.39, 0.29) is 6.04 Å². The molecule has 1 unspecified atom stereocenters. The van der Waals surface area contributed by atoms with Gasteiger partial charge in [0, 0.05) is 17.1 Å². The molecular weight excluding hydrogens is 304 g/mol. The van der Waals surface area contributed by atoms with E-state index >= 15 is 0 Å². The van der Waals surface area contributed by atoms with Crippen LogP contribution in [0.3, 0.4) is 0 Å². The summed E-state index contributed by atoms with van der Waals surface area (Å²) in [7, 11) is 0. The van der Waals surface area contributed by atoms with Crippen molar-refractivity contribution in [3.8, 4) is 0 Å². The smallest absolute Gasteiger partial charge is 0.261 e. The van der Waals surface area contributed by atoms with Crippen LogP contribution in [0.2, 0.25) is 0 Å². The lowest BCUT2D eigenvalue weighted by Crippen LogP contribution is -2.22. The van der Waals surface area contributed by atoms with Gasteiger partial charge in [0.15, 0.2) is 0 Å². The largest absolute Gasteiger partial charge is 0.375 e. The van der Waals surface area contributed by atoms with Gasteiger partial charge in [-0.3, -0.25) is 0 Å². The van der Waals surface area contributed by atoms with Crippen LogP contribution in [0.1, 0.15) is 24.9 Å². The minimum absolute atomic E-state index is 0.140. The van der Waals surface area contributed by atoms with Crippen molar-refractivity contribution < 1.29 is 13.5 Å². The van der Waals surface area contributed by atoms with E-state index in [1.54, 1.807) is 0 Å². The molecule has 0 bridgehead atoms. The van der Waals surface area contributed by atoms with Crippen molar-refractivity contribution in [2.75, 3.05) is 19.8 Å². The molecule has 2 nitrogen and oxygen atoms in total. The highest BCUT2D eigenvalue weighted by Crippen LogP contribution is 2.19. The average Bonchev–Trinajstić information content (AvgIpc) is 2.34. The summed E-state index contributed by atoms with van der Waals surface area (Å²) < 4.78 is 29.8. The van der Waals surface area contributed by atoms with E-state index in [0.29, 0.717) is 13.0 Å². The number of nitrogens with one attached hydrogen (secondary N) is 1. The summed E-state index contributed by atoms with van der Waals surface area (Å²) in [6.07, 6.45) is -1.71. The van der Waals surface area contributed by atoms with E-state index in [1.807, 2.05) is 31.2 Å². The first-order valence-corrected chi connectivity index (χ1v) is 6.77. The molecule has 0 radical (unpaired) electrons. The Labute approximate surface area is 115 Å². The van der Waals surface area contributed by atoms with E-state index < -0.39 is 13.0 Å². The Morgan fingerprint density at radius 3 is 2.50 bits per heavy atom. The summed E-state index contributed by atoms with van der Waals surface area (Å²) >= 11 is 3.38. The van der Waals surface area contributed by atoms with E-state index in [4.69, 9.17) is 4.74 Å². The molecule has 1 atom stereocenters. The lowest BCUT2D eigenvalue weighted by molar-refractivity contribution is 0.0144. The summed E-state index contributed by atoms with van der Waals surface area (Å²) in [5, 5.41) is 3.32. The van der Waals surface area contributed by atoms with Gasteiger partial charge in [-0.2, -0.15) is 0 Å². The van der Waals surface area contributed by atoms with Gasteiger partial charge in [0.05, 0.1) is 0 Å². The fourth-order valence-electron chi connectivity index (χ4n) is 1.70. The Kier molecular flexibility index (Phi) is 7.39. The van der Waals surface area contributed by atoms with E-state index in [2.05, 4.69) is 21.2 Å². The first kappa shape index (κ1) is 15.5. The highest BCUT2D eigenvalue weighted by atomic mass is 79.9. The van der Waals surface area contributed by atoms with Gasteiger partial charge in [0.25, 0.3) is 6.43 Å². The number of halogens is 3. The van der Waals surface area contributed by atoms with Crippen molar-refractivity contribution in [3.63, 3.8) is 0 Å². The molecule has 0 heterocycles. The molecule has 0 fully saturated rings. The molecular formula is C13H18BrF2NO. The molecule has 0 aliphatic heterocycles. The monoisotopic (exact) mass is 321 g/mol. The Morgan fingerprint density at radius 1 is 1.28 bits per heavy atom. The Hall–Kier alpha value is -0.520. The second-order valence-electron chi connectivity index (χ2n) is 3.92. The van der Waals surface area contributed by atoms with Gasteiger partial charge in [-0.25, -0.2) is 8.78 Å². The number of benzene rings is 1. The Bertz CT molecular complexity index is 332. The summed E-state index contributed by atoms with van der Waals surface area (Å²) in [4.78, 5) is 0. The molecule has 0 aliphatic rings. The van der Waals surface area contributed by atoms with E-state index in [9.17, 15) is 8.78 Å². The topological polar surface area (TPSA) is 21.3 Å². The van der Waals surface area contributed by atoms with E-state index in [0.717, 1.165) is 16.6 Å². The maximum Gasteiger partial charge on any atom is 0.261 e. The van der Waals surface area contributed by atoms with Crippen LogP contribution < -0.4 is 5.32 Å². The summed E-state index contributed by atoms with van der Waals surface area (Å²) in [5.74, 6) is 0. The molecule has 0 aromatic heterocycles. The van der Waals surface area contributed by atoms with Crippen molar-refractivity contribution in [3.05, 3.63) is 34.3 Å². The molecule has 0 aliphatic carbocycles. The lowest BCUT2D eigenvalue weighted by atomic mass is 10.0. The van der Waals surface area contributed by atoms with Crippen LogP contribution in [0.4, 0.5) is 8.78 Å². The highest BCUT2D eigenvalue weighted by Gasteiger charge is 2.10.